The van der Waals surface area contributed by atoms with Crippen molar-refractivity contribution in [3.63, 3.8) is 0 Å². The van der Waals surface area contributed by atoms with Crippen LogP contribution in [0.2, 0.25) is 0 Å². The monoisotopic (exact) mass is 209 g/mol. The molecule has 0 unspecified atom stereocenters. The maximum absolute atomic E-state index is 10.9. The largest absolute Gasteiger partial charge is 0.478 e. The van der Waals surface area contributed by atoms with E-state index in [4.69, 9.17) is 22.0 Å². The average Bonchev–Trinajstić information content (AvgIpc) is 2.15. The van der Waals surface area contributed by atoms with Crippen molar-refractivity contribution >= 4 is 17.6 Å². The lowest BCUT2D eigenvalue weighted by molar-refractivity contribution is 0.0695. The van der Waals surface area contributed by atoms with Gasteiger partial charge in [-0.05, 0) is 30.2 Å². The van der Waals surface area contributed by atoms with Crippen LogP contribution in [0.5, 0.6) is 0 Å². The smallest absolute Gasteiger partial charge is 0.336 e. The first-order chi connectivity index (χ1) is 6.60. The van der Waals surface area contributed by atoms with Gasteiger partial charge in [-0.15, -0.1) is 11.6 Å². The highest BCUT2D eigenvalue weighted by Gasteiger charge is 2.13. The van der Waals surface area contributed by atoms with Gasteiger partial charge >= 0.3 is 5.97 Å². The van der Waals surface area contributed by atoms with Crippen molar-refractivity contribution < 1.29 is 9.90 Å². The van der Waals surface area contributed by atoms with Gasteiger partial charge in [-0.3, -0.25) is 0 Å². The Kier molecular flexibility index (Phi) is 3.10. The number of carboxylic acid groups (broad SMARTS) is 1. The van der Waals surface area contributed by atoms with E-state index in [-0.39, 0.29) is 11.4 Å². The Morgan fingerprint density at radius 1 is 1.64 bits per heavy atom. The summed E-state index contributed by atoms with van der Waals surface area (Å²) in [6.07, 6.45) is 0. The Bertz CT molecular complexity index is 421. The van der Waals surface area contributed by atoms with E-state index in [1.54, 1.807) is 13.0 Å². The number of nitriles is 1. The highest BCUT2D eigenvalue weighted by molar-refractivity contribution is 6.17. The maximum atomic E-state index is 10.9. The van der Waals surface area contributed by atoms with E-state index in [9.17, 15) is 4.79 Å². The van der Waals surface area contributed by atoms with Crippen LogP contribution >= 0.6 is 11.6 Å². The van der Waals surface area contributed by atoms with Gasteiger partial charge in [-0.25, -0.2) is 4.79 Å². The van der Waals surface area contributed by atoms with E-state index in [1.165, 1.54) is 6.07 Å². The van der Waals surface area contributed by atoms with Crippen molar-refractivity contribution in [2.75, 3.05) is 0 Å². The lowest BCUT2D eigenvalue weighted by Gasteiger charge is -2.06. The van der Waals surface area contributed by atoms with E-state index in [1.807, 2.05) is 6.07 Å². The minimum atomic E-state index is -1.01. The van der Waals surface area contributed by atoms with Crippen LogP contribution in [0.15, 0.2) is 12.1 Å². The van der Waals surface area contributed by atoms with Crippen LogP contribution in [0.3, 0.4) is 0 Å². The van der Waals surface area contributed by atoms with Crippen molar-refractivity contribution in [1.82, 2.24) is 0 Å². The number of benzene rings is 1. The van der Waals surface area contributed by atoms with Crippen molar-refractivity contribution in [3.8, 4) is 6.07 Å². The topological polar surface area (TPSA) is 61.1 Å². The Morgan fingerprint density at radius 3 is 2.71 bits per heavy atom. The molecule has 4 heteroatoms. The Hall–Kier alpha value is -1.53. The second-order valence-corrected chi connectivity index (χ2v) is 3.15. The molecule has 0 aliphatic carbocycles. The average molecular weight is 210 g/mol. The fraction of sp³-hybridized carbons (Fsp3) is 0.200. The number of carboxylic acids is 1. The minimum absolute atomic E-state index is 0.0952. The Morgan fingerprint density at radius 2 is 2.29 bits per heavy atom. The van der Waals surface area contributed by atoms with Crippen molar-refractivity contribution in [3.05, 3.63) is 34.4 Å². The number of aromatic carboxylic acids is 1. The number of hydrogen-bond acceptors (Lipinski definition) is 2. The van der Waals surface area contributed by atoms with Crippen LogP contribution in [0.25, 0.3) is 0 Å². The first-order valence-corrected chi connectivity index (χ1v) is 4.46. The van der Waals surface area contributed by atoms with Crippen molar-refractivity contribution in [2.45, 2.75) is 12.8 Å². The Labute approximate surface area is 86.5 Å². The molecule has 0 saturated carbocycles. The molecule has 1 rings (SSSR count). The second kappa shape index (κ2) is 4.12. The molecule has 1 aromatic rings. The van der Waals surface area contributed by atoms with E-state index < -0.39 is 5.97 Å². The molecule has 0 saturated heterocycles. The lowest BCUT2D eigenvalue weighted by atomic mass is 10.00. The third kappa shape index (κ3) is 1.86. The first kappa shape index (κ1) is 10.6. The SMILES string of the molecule is Cc1cc(C#N)cc(CCl)c1C(=O)O. The zero-order valence-electron chi connectivity index (χ0n) is 7.54. The lowest BCUT2D eigenvalue weighted by Crippen LogP contribution is -2.05. The standard InChI is InChI=1S/C10H8ClNO2/c1-6-2-7(5-12)3-8(4-11)9(6)10(13)14/h2-3H,4H2,1H3,(H,13,14). The summed E-state index contributed by atoms with van der Waals surface area (Å²) < 4.78 is 0. The van der Waals surface area contributed by atoms with Gasteiger partial charge in [-0.2, -0.15) is 5.26 Å². The fourth-order valence-corrected chi connectivity index (χ4v) is 1.55. The first-order valence-electron chi connectivity index (χ1n) is 3.93. The van der Waals surface area contributed by atoms with Gasteiger partial charge < -0.3 is 5.11 Å². The molecule has 0 aliphatic heterocycles. The molecule has 3 nitrogen and oxygen atoms in total. The van der Waals surface area contributed by atoms with E-state index >= 15 is 0 Å². The summed E-state index contributed by atoms with van der Waals surface area (Å²) in [7, 11) is 0. The normalized spacial score (nSPS) is 9.50. The second-order valence-electron chi connectivity index (χ2n) is 2.88. The summed E-state index contributed by atoms with van der Waals surface area (Å²) in [6.45, 7) is 1.65. The van der Waals surface area contributed by atoms with Gasteiger partial charge in [0, 0.05) is 5.88 Å². The van der Waals surface area contributed by atoms with Crippen molar-refractivity contribution in [1.29, 1.82) is 5.26 Å². The molecule has 0 bridgehead atoms. The third-order valence-corrected chi connectivity index (χ3v) is 2.19. The van der Waals surface area contributed by atoms with Gasteiger partial charge in [0.2, 0.25) is 0 Å². The number of carbonyl (C=O) groups is 1. The summed E-state index contributed by atoms with van der Waals surface area (Å²) in [6, 6.07) is 5.00. The van der Waals surface area contributed by atoms with Crippen LogP contribution in [0, 0.1) is 18.3 Å². The summed E-state index contributed by atoms with van der Waals surface area (Å²) >= 11 is 5.60. The quantitative estimate of drug-likeness (QED) is 0.761. The van der Waals surface area contributed by atoms with Gasteiger partial charge in [0.1, 0.15) is 0 Å². The molecule has 0 aliphatic rings. The van der Waals surface area contributed by atoms with Crippen LogP contribution in [0.4, 0.5) is 0 Å². The van der Waals surface area contributed by atoms with Crippen LogP contribution in [0.1, 0.15) is 27.0 Å². The van der Waals surface area contributed by atoms with Gasteiger partial charge in [0.05, 0.1) is 17.2 Å². The summed E-state index contributed by atoms with van der Waals surface area (Å²) in [4.78, 5) is 10.9. The Balaban J connectivity index is 3.44. The fourth-order valence-electron chi connectivity index (χ4n) is 1.34. The zero-order chi connectivity index (χ0) is 10.7. The molecule has 0 heterocycles. The third-order valence-electron chi connectivity index (χ3n) is 1.90. The summed E-state index contributed by atoms with van der Waals surface area (Å²) in [5.74, 6) is -0.916. The predicted octanol–water partition coefficient (Wildman–Crippen LogP) is 2.30. The molecule has 0 radical (unpaired) electrons. The molecular weight excluding hydrogens is 202 g/mol. The molecule has 0 spiro atoms. The summed E-state index contributed by atoms with van der Waals surface area (Å²) in [5.41, 5.74) is 1.67. The number of nitrogens with zero attached hydrogens (tertiary/aromatic N) is 1. The molecule has 1 N–H and O–H groups in total. The van der Waals surface area contributed by atoms with E-state index in [0.29, 0.717) is 16.7 Å². The van der Waals surface area contributed by atoms with Crippen LogP contribution in [-0.4, -0.2) is 11.1 Å². The number of halogens is 1. The molecule has 0 aromatic heterocycles. The van der Waals surface area contributed by atoms with Gasteiger partial charge in [0.15, 0.2) is 0 Å². The van der Waals surface area contributed by atoms with Crippen molar-refractivity contribution in [2.24, 2.45) is 0 Å². The van der Waals surface area contributed by atoms with Crippen LogP contribution in [-0.2, 0) is 5.88 Å². The molecule has 14 heavy (non-hydrogen) atoms. The molecule has 0 amide bonds. The molecule has 0 fully saturated rings. The minimum Gasteiger partial charge on any atom is -0.478 e. The van der Waals surface area contributed by atoms with Gasteiger partial charge in [-0.1, -0.05) is 0 Å². The maximum Gasteiger partial charge on any atom is 0.336 e. The number of aryl methyl sites for hydroxylation is 1. The predicted molar refractivity (Wildman–Crippen MR) is 52.4 cm³/mol. The highest BCUT2D eigenvalue weighted by Crippen LogP contribution is 2.18. The van der Waals surface area contributed by atoms with Crippen LogP contribution < -0.4 is 0 Å². The van der Waals surface area contributed by atoms with E-state index in [2.05, 4.69) is 0 Å². The number of rotatable bonds is 2. The van der Waals surface area contributed by atoms with E-state index in [0.717, 1.165) is 0 Å². The van der Waals surface area contributed by atoms with Gasteiger partial charge in [0.25, 0.3) is 0 Å². The summed E-state index contributed by atoms with van der Waals surface area (Å²) in [5, 5.41) is 17.6. The highest BCUT2D eigenvalue weighted by atomic mass is 35.5. The molecule has 0 atom stereocenters. The molecule has 1 aromatic carbocycles. The molecule has 72 valence electrons. The number of hydrogen-bond donors (Lipinski definition) is 1. The number of alkyl halides is 1. The zero-order valence-corrected chi connectivity index (χ0v) is 8.30. The molecular formula is C10H8ClNO2.